The summed E-state index contributed by atoms with van der Waals surface area (Å²) in [4.78, 5) is 4.54. The van der Waals surface area contributed by atoms with Crippen molar-refractivity contribution >= 4 is 22.7 Å². The number of anilines is 1. The second-order valence-corrected chi connectivity index (χ2v) is 6.11. The first-order valence-corrected chi connectivity index (χ1v) is 8.72. The Kier molecular flexibility index (Phi) is 5.70. The van der Waals surface area contributed by atoms with Crippen LogP contribution in [0, 0.1) is 0 Å². The minimum atomic E-state index is 0.660. The second-order valence-electron chi connectivity index (χ2n) is 5.25. The average molecular weight is 369 g/mol. The van der Waals surface area contributed by atoms with Gasteiger partial charge in [-0.1, -0.05) is 0 Å². The molecule has 0 saturated heterocycles. The van der Waals surface area contributed by atoms with Gasteiger partial charge in [0.2, 0.25) is 5.13 Å². The third-order valence-electron chi connectivity index (χ3n) is 3.67. The van der Waals surface area contributed by atoms with Crippen molar-refractivity contribution in [3.05, 3.63) is 53.4 Å². The molecule has 0 aliphatic heterocycles. The van der Waals surface area contributed by atoms with E-state index in [2.05, 4.69) is 15.5 Å². The number of thiazole rings is 1. The van der Waals surface area contributed by atoms with Gasteiger partial charge in [-0.15, -0.1) is 11.3 Å². The fourth-order valence-electron chi connectivity index (χ4n) is 2.31. The molecule has 0 amide bonds. The predicted octanol–water partition coefficient (Wildman–Crippen LogP) is 4.28. The summed E-state index contributed by atoms with van der Waals surface area (Å²) in [5.74, 6) is 2.16. The van der Waals surface area contributed by atoms with Crippen LogP contribution < -0.4 is 19.6 Å². The van der Waals surface area contributed by atoms with Crippen LogP contribution in [-0.2, 0) is 0 Å². The molecule has 2 aromatic carbocycles. The zero-order chi connectivity index (χ0) is 18.4. The van der Waals surface area contributed by atoms with Gasteiger partial charge in [-0.05, 0) is 48.0 Å². The first kappa shape index (κ1) is 17.8. The van der Waals surface area contributed by atoms with E-state index in [1.165, 1.54) is 11.3 Å². The lowest BCUT2D eigenvalue weighted by atomic mass is 10.2. The zero-order valence-electron chi connectivity index (χ0n) is 14.7. The van der Waals surface area contributed by atoms with E-state index in [-0.39, 0.29) is 0 Å². The number of methoxy groups -OCH3 is 3. The minimum Gasteiger partial charge on any atom is -0.497 e. The summed E-state index contributed by atoms with van der Waals surface area (Å²) in [6, 6.07) is 13.4. The Hall–Kier alpha value is -3.06. The standard InChI is InChI=1S/C19H19N3O3S/c1-23-15-7-5-14(6-8-15)16-12-26-19(21-16)22-20-11-13-4-9-17(24-2)18(10-13)25-3/h4-12H,1-3H3,(H,21,22)/b20-11+. The van der Waals surface area contributed by atoms with E-state index in [1.54, 1.807) is 27.5 Å². The Morgan fingerprint density at radius 2 is 1.73 bits per heavy atom. The number of aromatic nitrogens is 1. The first-order chi connectivity index (χ1) is 12.7. The number of hydrogen-bond acceptors (Lipinski definition) is 7. The van der Waals surface area contributed by atoms with Gasteiger partial charge >= 0.3 is 0 Å². The molecular formula is C19H19N3O3S. The van der Waals surface area contributed by atoms with E-state index in [9.17, 15) is 0 Å². The number of nitrogens with one attached hydrogen (secondary N) is 1. The van der Waals surface area contributed by atoms with Gasteiger partial charge < -0.3 is 14.2 Å². The topological polar surface area (TPSA) is 65.0 Å². The van der Waals surface area contributed by atoms with Gasteiger partial charge in [-0.3, -0.25) is 5.43 Å². The number of rotatable bonds is 7. The lowest BCUT2D eigenvalue weighted by Gasteiger charge is -2.07. The Morgan fingerprint density at radius 1 is 0.962 bits per heavy atom. The molecule has 0 bridgehead atoms. The number of ether oxygens (including phenoxy) is 3. The fraction of sp³-hybridized carbons (Fsp3) is 0.158. The van der Waals surface area contributed by atoms with Gasteiger partial charge in [-0.25, -0.2) is 4.98 Å². The molecular weight excluding hydrogens is 350 g/mol. The number of hydrogen-bond donors (Lipinski definition) is 1. The number of benzene rings is 2. The highest BCUT2D eigenvalue weighted by molar-refractivity contribution is 7.14. The summed E-state index contributed by atoms with van der Waals surface area (Å²) < 4.78 is 15.7. The highest BCUT2D eigenvalue weighted by Gasteiger charge is 2.05. The summed E-state index contributed by atoms with van der Waals surface area (Å²) in [6.45, 7) is 0. The van der Waals surface area contributed by atoms with Crippen LogP contribution in [0.25, 0.3) is 11.3 Å². The quantitative estimate of drug-likeness (QED) is 0.497. The smallest absolute Gasteiger partial charge is 0.203 e. The van der Waals surface area contributed by atoms with Crippen LogP contribution in [0.15, 0.2) is 52.9 Å². The summed E-state index contributed by atoms with van der Waals surface area (Å²) in [7, 11) is 4.86. The third kappa shape index (κ3) is 4.12. The van der Waals surface area contributed by atoms with Crippen molar-refractivity contribution in [2.45, 2.75) is 0 Å². The van der Waals surface area contributed by atoms with Gasteiger partial charge in [0.05, 0.1) is 33.2 Å². The maximum atomic E-state index is 5.28. The van der Waals surface area contributed by atoms with Crippen LogP contribution in [0.1, 0.15) is 5.56 Å². The molecule has 1 N–H and O–H groups in total. The van der Waals surface area contributed by atoms with E-state index in [4.69, 9.17) is 14.2 Å². The average Bonchev–Trinajstić information content (AvgIpc) is 3.16. The Bertz CT molecular complexity index is 891. The van der Waals surface area contributed by atoms with E-state index in [0.29, 0.717) is 16.6 Å². The molecule has 6 nitrogen and oxygen atoms in total. The highest BCUT2D eigenvalue weighted by atomic mass is 32.1. The molecule has 3 aromatic rings. The third-order valence-corrected chi connectivity index (χ3v) is 4.42. The van der Waals surface area contributed by atoms with E-state index >= 15 is 0 Å². The highest BCUT2D eigenvalue weighted by Crippen LogP contribution is 2.28. The van der Waals surface area contributed by atoms with Gasteiger partial charge in [0, 0.05) is 10.9 Å². The van der Waals surface area contributed by atoms with Gasteiger partial charge in [0.1, 0.15) is 5.75 Å². The van der Waals surface area contributed by atoms with Gasteiger partial charge in [0.15, 0.2) is 11.5 Å². The first-order valence-electron chi connectivity index (χ1n) is 7.84. The summed E-state index contributed by atoms with van der Waals surface area (Å²) in [5.41, 5.74) is 5.76. The minimum absolute atomic E-state index is 0.660. The van der Waals surface area contributed by atoms with E-state index in [1.807, 2.05) is 47.8 Å². The molecule has 134 valence electrons. The molecule has 0 fully saturated rings. The van der Waals surface area contributed by atoms with Crippen molar-refractivity contribution in [2.24, 2.45) is 5.10 Å². The molecule has 0 spiro atoms. The summed E-state index contributed by atoms with van der Waals surface area (Å²) in [6.07, 6.45) is 1.70. The van der Waals surface area contributed by atoms with Crippen molar-refractivity contribution in [1.82, 2.24) is 4.98 Å². The van der Waals surface area contributed by atoms with E-state index in [0.717, 1.165) is 22.6 Å². The number of nitrogens with zero attached hydrogens (tertiary/aromatic N) is 2. The molecule has 0 saturated carbocycles. The second kappa shape index (κ2) is 8.35. The normalized spacial score (nSPS) is 10.7. The largest absolute Gasteiger partial charge is 0.497 e. The molecule has 26 heavy (non-hydrogen) atoms. The van der Waals surface area contributed by atoms with Gasteiger partial charge in [-0.2, -0.15) is 5.10 Å². The molecule has 1 heterocycles. The van der Waals surface area contributed by atoms with Crippen LogP contribution in [0.2, 0.25) is 0 Å². The zero-order valence-corrected chi connectivity index (χ0v) is 15.5. The van der Waals surface area contributed by atoms with Crippen molar-refractivity contribution in [1.29, 1.82) is 0 Å². The van der Waals surface area contributed by atoms with Crippen LogP contribution in [-0.4, -0.2) is 32.5 Å². The van der Waals surface area contributed by atoms with Crippen molar-refractivity contribution < 1.29 is 14.2 Å². The van der Waals surface area contributed by atoms with Crippen LogP contribution in [0.5, 0.6) is 17.2 Å². The van der Waals surface area contributed by atoms with Crippen LogP contribution in [0.4, 0.5) is 5.13 Å². The lowest BCUT2D eigenvalue weighted by Crippen LogP contribution is -1.94. The van der Waals surface area contributed by atoms with Crippen molar-refractivity contribution in [3.63, 3.8) is 0 Å². The molecule has 3 rings (SSSR count). The van der Waals surface area contributed by atoms with Crippen molar-refractivity contribution in [3.8, 4) is 28.5 Å². The maximum absolute atomic E-state index is 5.28. The molecule has 0 aliphatic rings. The van der Waals surface area contributed by atoms with E-state index < -0.39 is 0 Å². The van der Waals surface area contributed by atoms with Gasteiger partial charge in [0.25, 0.3) is 0 Å². The molecule has 1 aromatic heterocycles. The van der Waals surface area contributed by atoms with Crippen LogP contribution >= 0.6 is 11.3 Å². The lowest BCUT2D eigenvalue weighted by molar-refractivity contribution is 0.355. The Morgan fingerprint density at radius 3 is 2.42 bits per heavy atom. The predicted molar refractivity (Wildman–Crippen MR) is 105 cm³/mol. The summed E-state index contributed by atoms with van der Waals surface area (Å²) >= 11 is 1.49. The molecule has 0 aliphatic carbocycles. The molecule has 0 radical (unpaired) electrons. The monoisotopic (exact) mass is 369 g/mol. The van der Waals surface area contributed by atoms with Crippen molar-refractivity contribution in [2.75, 3.05) is 26.8 Å². The molecule has 0 atom stereocenters. The van der Waals surface area contributed by atoms with Crippen LogP contribution in [0.3, 0.4) is 0 Å². The summed E-state index contributed by atoms with van der Waals surface area (Å²) in [5, 5.41) is 6.93. The molecule has 0 unspecified atom stereocenters. The number of hydrazone groups is 1. The maximum Gasteiger partial charge on any atom is 0.203 e. The fourth-order valence-corrected chi connectivity index (χ4v) is 2.98. The molecule has 7 heteroatoms. The SMILES string of the molecule is COc1ccc(-c2csc(N/N=C/c3ccc(OC)c(OC)c3)n2)cc1. The Labute approximate surface area is 156 Å². The Balaban J connectivity index is 1.66.